The van der Waals surface area contributed by atoms with Crippen molar-refractivity contribution in [3.63, 3.8) is 0 Å². The molecule has 0 heterocycles. The summed E-state index contributed by atoms with van der Waals surface area (Å²) in [5, 5.41) is 0. The fourth-order valence-corrected chi connectivity index (χ4v) is 9.80. The maximum absolute atomic E-state index is 12.9. The second-order valence-electron chi connectivity index (χ2n) is 22.7. The van der Waals surface area contributed by atoms with E-state index in [2.05, 4.69) is 106 Å². The number of carbonyl (C=O) groups is 3. The molecule has 0 fully saturated rings. The van der Waals surface area contributed by atoms with Gasteiger partial charge in [-0.3, -0.25) is 14.4 Å². The average Bonchev–Trinajstić information content (AvgIpc) is 3.45. The SMILES string of the molecule is CC/C=C\C/C=C\C/C=C\C/C=C\C/C=C\C/C=C\CCCCCCCCCCCCCCCCCCC(=O)OCC(COC(=O)CCCCCCCCCCC)OC(=O)CCCCCCCCC/C=C\CCCCCCCC. The van der Waals surface area contributed by atoms with Crippen molar-refractivity contribution in [2.45, 2.75) is 348 Å². The maximum atomic E-state index is 12.9. The summed E-state index contributed by atoms with van der Waals surface area (Å²) >= 11 is 0. The number of ether oxygens (including phenoxy) is 3. The molecule has 0 aromatic heterocycles. The molecule has 0 aliphatic carbocycles. The van der Waals surface area contributed by atoms with Gasteiger partial charge in [0, 0.05) is 19.3 Å². The van der Waals surface area contributed by atoms with Gasteiger partial charge in [0.25, 0.3) is 0 Å². The monoisotopic (exact) mass is 1100 g/mol. The van der Waals surface area contributed by atoms with Crippen LogP contribution in [0.5, 0.6) is 0 Å². The van der Waals surface area contributed by atoms with Gasteiger partial charge in [0.15, 0.2) is 6.10 Å². The molecule has 0 N–H and O–H groups in total. The van der Waals surface area contributed by atoms with Crippen LogP contribution in [0.1, 0.15) is 342 Å². The van der Waals surface area contributed by atoms with Crippen LogP contribution in [-0.2, 0) is 28.6 Å². The van der Waals surface area contributed by atoms with Gasteiger partial charge < -0.3 is 14.2 Å². The molecule has 0 aromatic rings. The molecule has 6 nitrogen and oxygen atoms in total. The number of rotatable bonds is 62. The Bertz CT molecular complexity index is 1500. The van der Waals surface area contributed by atoms with E-state index in [1.807, 2.05) is 0 Å². The van der Waals surface area contributed by atoms with E-state index in [-0.39, 0.29) is 31.1 Å². The first-order chi connectivity index (χ1) is 39.0. The van der Waals surface area contributed by atoms with E-state index in [9.17, 15) is 14.4 Å². The van der Waals surface area contributed by atoms with Crippen LogP contribution >= 0.6 is 0 Å². The summed E-state index contributed by atoms with van der Waals surface area (Å²) in [5.41, 5.74) is 0. The van der Waals surface area contributed by atoms with Crippen LogP contribution in [0.15, 0.2) is 85.1 Å². The predicted octanol–water partition coefficient (Wildman–Crippen LogP) is 23.4. The Morgan fingerprint density at radius 2 is 0.494 bits per heavy atom. The van der Waals surface area contributed by atoms with E-state index < -0.39 is 6.10 Å². The molecule has 0 amide bonds. The van der Waals surface area contributed by atoms with Crippen molar-refractivity contribution in [1.29, 1.82) is 0 Å². The normalized spacial score (nSPS) is 12.6. The second kappa shape index (κ2) is 67.1. The lowest BCUT2D eigenvalue weighted by atomic mass is 10.0. The van der Waals surface area contributed by atoms with Gasteiger partial charge in [0.1, 0.15) is 13.2 Å². The van der Waals surface area contributed by atoms with Gasteiger partial charge in [-0.2, -0.15) is 0 Å². The van der Waals surface area contributed by atoms with Gasteiger partial charge in [-0.15, -0.1) is 0 Å². The van der Waals surface area contributed by atoms with E-state index in [4.69, 9.17) is 14.2 Å². The van der Waals surface area contributed by atoms with Crippen molar-refractivity contribution in [3.05, 3.63) is 85.1 Å². The Labute approximate surface area is 490 Å². The molecule has 1 unspecified atom stereocenters. The summed E-state index contributed by atoms with van der Waals surface area (Å²) in [6.07, 6.45) is 89.1. The Morgan fingerprint density at radius 3 is 0.785 bits per heavy atom. The minimum Gasteiger partial charge on any atom is -0.462 e. The minimum absolute atomic E-state index is 0.0726. The molecule has 1 atom stereocenters. The van der Waals surface area contributed by atoms with Gasteiger partial charge in [-0.25, -0.2) is 0 Å². The zero-order chi connectivity index (χ0) is 57.1. The predicted molar refractivity (Wildman–Crippen MR) is 344 cm³/mol. The van der Waals surface area contributed by atoms with Crippen molar-refractivity contribution in [2.24, 2.45) is 0 Å². The van der Waals surface area contributed by atoms with Crippen LogP contribution in [0.25, 0.3) is 0 Å². The van der Waals surface area contributed by atoms with E-state index in [0.29, 0.717) is 19.3 Å². The van der Waals surface area contributed by atoms with Gasteiger partial charge in [-0.1, -0.05) is 311 Å². The molecule has 0 bridgehead atoms. The lowest BCUT2D eigenvalue weighted by Gasteiger charge is -2.18. The van der Waals surface area contributed by atoms with Gasteiger partial charge in [-0.05, 0) is 96.3 Å². The first kappa shape index (κ1) is 75.6. The van der Waals surface area contributed by atoms with Crippen molar-refractivity contribution in [3.8, 4) is 0 Å². The van der Waals surface area contributed by atoms with Crippen LogP contribution in [-0.4, -0.2) is 37.2 Å². The van der Waals surface area contributed by atoms with Crippen LogP contribution in [0, 0.1) is 0 Å². The molecule has 456 valence electrons. The van der Waals surface area contributed by atoms with Crippen molar-refractivity contribution >= 4 is 17.9 Å². The van der Waals surface area contributed by atoms with Gasteiger partial charge in [0.2, 0.25) is 0 Å². The fourth-order valence-electron chi connectivity index (χ4n) is 9.80. The van der Waals surface area contributed by atoms with E-state index >= 15 is 0 Å². The van der Waals surface area contributed by atoms with E-state index in [1.54, 1.807) is 0 Å². The zero-order valence-electron chi connectivity index (χ0n) is 52.4. The van der Waals surface area contributed by atoms with Crippen LogP contribution in [0.3, 0.4) is 0 Å². The first-order valence-electron chi connectivity index (χ1n) is 34.1. The van der Waals surface area contributed by atoms with E-state index in [1.165, 1.54) is 205 Å². The molecule has 0 radical (unpaired) electrons. The molecule has 79 heavy (non-hydrogen) atoms. The van der Waals surface area contributed by atoms with Crippen molar-refractivity contribution in [2.75, 3.05) is 13.2 Å². The molecule has 0 saturated carbocycles. The summed E-state index contributed by atoms with van der Waals surface area (Å²) in [4.78, 5) is 38.2. The standard InChI is InChI=1S/C73H128O6/c1-4-7-10-13-16-19-21-23-25-27-28-29-30-31-32-33-34-35-36-37-38-39-40-41-42-43-44-46-47-49-51-54-57-60-63-66-72(75)78-69-70(68-77-71(74)65-62-59-56-53-18-15-12-9-6-3)79-73(76)67-64-61-58-55-52-50-48-45-26-24-22-20-17-14-11-8-5-2/h7,10,16,19,23-26,28-29,31-32,34-35,70H,4-6,8-9,11-15,17-18,20-22,27,30,33,36-69H2,1-3H3/b10-7-,19-16-,25-23-,26-24-,29-28-,32-31-,35-34-. The molecular formula is C73H128O6. The summed E-state index contributed by atoms with van der Waals surface area (Å²) < 4.78 is 16.9. The number of carbonyl (C=O) groups excluding carboxylic acids is 3. The summed E-state index contributed by atoms with van der Waals surface area (Å²) in [5.74, 6) is -0.864. The lowest BCUT2D eigenvalue weighted by molar-refractivity contribution is -0.167. The number of hydrogen-bond acceptors (Lipinski definition) is 6. The zero-order valence-corrected chi connectivity index (χ0v) is 52.4. The molecule has 6 heteroatoms. The fraction of sp³-hybridized carbons (Fsp3) is 0.767. The number of unbranched alkanes of at least 4 members (excludes halogenated alkanes) is 37. The van der Waals surface area contributed by atoms with Crippen LogP contribution in [0.2, 0.25) is 0 Å². The molecule has 0 spiro atoms. The second-order valence-corrected chi connectivity index (χ2v) is 22.7. The lowest BCUT2D eigenvalue weighted by Crippen LogP contribution is -2.30. The Balaban J connectivity index is 4.06. The highest BCUT2D eigenvalue weighted by molar-refractivity contribution is 5.71. The number of esters is 3. The molecule has 0 rings (SSSR count). The molecule has 0 saturated heterocycles. The van der Waals surface area contributed by atoms with E-state index in [0.717, 1.165) is 96.3 Å². The summed E-state index contributed by atoms with van der Waals surface area (Å²) in [6, 6.07) is 0. The minimum atomic E-state index is -0.774. The third-order valence-electron chi connectivity index (χ3n) is 14.9. The van der Waals surface area contributed by atoms with Crippen LogP contribution < -0.4 is 0 Å². The smallest absolute Gasteiger partial charge is 0.306 e. The Hall–Kier alpha value is -3.41. The molecule has 0 aliphatic rings. The molecular weight excluding hydrogens is 973 g/mol. The summed E-state index contributed by atoms with van der Waals surface area (Å²) in [7, 11) is 0. The first-order valence-corrected chi connectivity index (χ1v) is 34.1. The maximum Gasteiger partial charge on any atom is 0.306 e. The number of hydrogen-bond donors (Lipinski definition) is 0. The largest absolute Gasteiger partial charge is 0.462 e. The highest BCUT2D eigenvalue weighted by Crippen LogP contribution is 2.17. The summed E-state index contributed by atoms with van der Waals surface area (Å²) in [6.45, 7) is 6.53. The molecule has 0 aliphatic heterocycles. The quantitative estimate of drug-likeness (QED) is 0.0261. The third-order valence-corrected chi connectivity index (χ3v) is 14.9. The Morgan fingerprint density at radius 1 is 0.266 bits per heavy atom. The van der Waals surface area contributed by atoms with Gasteiger partial charge in [0.05, 0.1) is 0 Å². The highest BCUT2D eigenvalue weighted by Gasteiger charge is 2.19. The third kappa shape index (κ3) is 65.3. The highest BCUT2D eigenvalue weighted by atomic mass is 16.6. The van der Waals surface area contributed by atoms with Crippen LogP contribution in [0.4, 0.5) is 0 Å². The molecule has 0 aromatic carbocycles. The van der Waals surface area contributed by atoms with Crippen molar-refractivity contribution < 1.29 is 28.6 Å². The number of allylic oxidation sites excluding steroid dienone is 14. The topological polar surface area (TPSA) is 78.9 Å². The Kier molecular flexibility index (Phi) is 64.2. The van der Waals surface area contributed by atoms with Crippen molar-refractivity contribution in [1.82, 2.24) is 0 Å². The average molecular weight is 1100 g/mol. The van der Waals surface area contributed by atoms with Gasteiger partial charge >= 0.3 is 17.9 Å².